The minimum absolute atomic E-state index is 0.0283. The SMILES string of the molecule is CCc1nsc(NC(=O)N2CCC(=Cc3c(F)cc(N(C)C)cc3F)CC2)n1. The van der Waals surface area contributed by atoms with Crippen LogP contribution in [0.1, 0.15) is 31.2 Å². The van der Waals surface area contributed by atoms with E-state index in [1.54, 1.807) is 30.0 Å². The molecule has 2 heterocycles. The smallest absolute Gasteiger partial charge is 0.323 e. The van der Waals surface area contributed by atoms with E-state index in [0.717, 1.165) is 17.1 Å². The van der Waals surface area contributed by atoms with E-state index in [1.165, 1.54) is 12.1 Å². The van der Waals surface area contributed by atoms with Crippen molar-refractivity contribution in [3.05, 3.63) is 40.7 Å². The lowest BCUT2D eigenvalue weighted by atomic mass is 10.0. The van der Waals surface area contributed by atoms with Crippen molar-refractivity contribution in [2.75, 3.05) is 37.4 Å². The van der Waals surface area contributed by atoms with Crippen LogP contribution in [0, 0.1) is 11.6 Å². The summed E-state index contributed by atoms with van der Waals surface area (Å²) in [5, 5.41) is 3.23. The van der Waals surface area contributed by atoms with Crippen LogP contribution in [0.15, 0.2) is 17.7 Å². The summed E-state index contributed by atoms with van der Waals surface area (Å²) in [6, 6.07) is 2.42. The number of hydrogen-bond donors (Lipinski definition) is 1. The Kier molecular flexibility index (Phi) is 6.23. The number of halogens is 2. The van der Waals surface area contributed by atoms with E-state index in [-0.39, 0.29) is 11.6 Å². The normalized spacial score (nSPS) is 14.2. The summed E-state index contributed by atoms with van der Waals surface area (Å²) in [4.78, 5) is 19.9. The van der Waals surface area contributed by atoms with Gasteiger partial charge in [-0.15, -0.1) is 0 Å². The Hall–Kier alpha value is -2.55. The van der Waals surface area contributed by atoms with Gasteiger partial charge in [0.2, 0.25) is 5.13 Å². The maximum absolute atomic E-state index is 14.3. The van der Waals surface area contributed by atoms with Gasteiger partial charge in [-0.2, -0.15) is 4.37 Å². The number of anilines is 2. The molecule has 1 aromatic heterocycles. The maximum atomic E-state index is 14.3. The minimum Gasteiger partial charge on any atom is -0.377 e. The number of urea groups is 1. The summed E-state index contributed by atoms with van der Waals surface area (Å²) < 4.78 is 32.8. The molecule has 1 aliphatic heterocycles. The van der Waals surface area contributed by atoms with Gasteiger partial charge in [-0.1, -0.05) is 12.5 Å². The zero-order valence-corrected chi connectivity index (χ0v) is 16.9. The first-order valence-corrected chi connectivity index (χ1v) is 9.89. The number of benzene rings is 1. The predicted molar refractivity (Wildman–Crippen MR) is 108 cm³/mol. The van der Waals surface area contributed by atoms with E-state index in [2.05, 4.69) is 14.7 Å². The average Bonchev–Trinajstić information content (AvgIpc) is 3.12. The zero-order valence-electron chi connectivity index (χ0n) is 16.1. The zero-order chi connectivity index (χ0) is 20.3. The Morgan fingerprint density at radius 1 is 1.29 bits per heavy atom. The number of rotatable bonds is 4. The molecular formula is C19H23F2N5OS. The van der Waals surface area contributed by atoms with Gasteiger partial charge in [-0.3, -0.25) is 5.32 Å². The standard InChI is InChI=1S/C19H23F2N5OS/c1-4-17-22-18(28-24-17)23-19(27)26-7-5-12(6-8-26)9-14-15(20)10-13(25(2)3)11-16(14)21/h9-11H,4-8H2,1-3H3,(H,22,23,24,27). The van der Waals surface area contributed by atoms with Crippen LogP contribution in [-0.2, 0) is 6.42 Å². The fourth-order valence-corrected chi connectivity index (χ4v) is 3.57. The predicted octanol–water partition coefficient (Wildman–Crippen LogP) is 4.16. The highest BCUT2D eigenvalue weighted by Crippen LogP contribution is 2.26. The van der Waals surface area contributed by atoms with Gasteiger partial charge >= 0.3 is 6.03 Å². The number of nitrogens with zero attached hydrogens (tertiary/aromatic N) is 4. The third-order valence-electron chi connectivity index (χ3n) is 4.62. The molecule has 0 spiro atoms. The molecule has 0 aliphatic carbocycles. The Bertz CT molecular complexity index is 863. The van der Waals surface area contributed by atoms with E-state index in [1.807, 2.05) is 6.92 Å². The second-order valence-corrected chi connectivity index (χ2v) is 7.56. The van der Waals surface area contributed by atoms with Crippen molar-refractivity contribution < 1.29 is 13.6 Å². The van der Waals surface area contributed by atoms with Crippen LogP contribution >= 0.6 is 11.5 Å². The van der Waals surface area contributed by atoms with Crippen LogP contribution in [-0.4, -0.2) is 47.5 Å². The first kappa shape index (κ1) is 20.2. The molecular weight excluding hydrogens is 384 g/mol. The van der Waals surface area contributed by atoms with Crippen molar-refractivity contribution >= 4 is 34.5 Å². The van der Waals surface area contributed by atoms with E-state index >= 15 is 0 Å². The Morgan fingerprint density at radius 2 is 1.93 bits per heavy atom. The van der Waals surface area contributed by atoms with E-state index < -0.39 is 11.6 Å². The van der Waals surface area contributed by atoms with Crippen molar-refractivity contribution in [1.82, 2.24) is 14.3 Å². The number of nitrogens with one attached hydrogen (secondary N) is 1. The lowest BCUT2D eigenvalue weighted by molar-refractivity contribution is 0.208. The van der Waals surface area contributed by atoms with Crippen LogP contribution in [0.25, 0.3) is 6.08 Å². The summed E-state index contributed by atoms with van der Waals surface area (Å²) in [6.07, 6.45) is 3.42. The molecule has 0 saturated carbocycles. The summed E-state index contributed by atoms with van der Waals surface area (Å²) in [5.41, 5.74) is 1.37. The average molecular weight is 407 g/mol. The van der Waals surface area contributed by atoms with Gasteiger partial charge in [0.05, 0.1) is 0 Å². The molecule has 6 nitrogen and oxygen atoms in total. The molecule has 1 aliphatic rings. The Morgan fingerprint density at radius 3 is 2.46 bits per heavy atom. The number of amides is 2. The Labute approximate surface area is 167 Å². The topological polar surface area (TPSA) is 61.4 Å². The second kappa shape index (κ2) is 8.64. The van der Waals surface area contributed by atoms with Gasteiger partial charge in [-0.25, -0.2) is 18.6 Å². The van der Waals surface area contributed by atoms with Gasteiger partial charge < -0.3 is 9.80 Å². The molecule has 0 atom stereocenters. The molecule has 1 aromatic carbocycles. The molecule has 0 bridgehead atoms. The molecule has 1 fully saturated rings. The van der Waals surface area contributed by atoms with Crippen molar-refractivity contribution in [1.29, 1.82) is 0 Å². The number of aromatic nitrogens is 2. The van der Waals surface area contributed by atoms with Crippen molar-refractivity contribution in [2.24, 2.45) is 0 Å². The molecule has 2 amide bonds. The first-order valence-electron chi connectivity index (χ1n) is 9.11. The van der Waals surface area contributed by atoms with Gasteiger partial charge in [0.25, 0.3) is 0 Å². The van der Waals surface area contributed by atoms with Gasteiger partial charge in [-0.05, 0) is 31.1 Å². The van der Waals surface area contributed by atoms with Gasteiger partial charge in [0, 0.05) is 56.4 Å². The molecule has 1 saturated heterocycles. The van der Waals surface area contributed by atoms with Crippen LogP contribution in [0.2, 0.25) is 0 Å². The molecule has 2 aromatic rings. The van der Waals surface area contributed by atoms with Crippen molar-refractivity contribution in [3.8, 4) is 0 Å². The number of carbonyl (C=O) groups excluding carboxylic acids is 1. The highest BCUT2D eigenvalue weighted by Gasteiger charge is 2.21. The molecule has 0 unspecified atom stereocenters. The quantitative estimate of drug-likeness (QED) is 0.827. The largest absolute Gasteiger partial charge is 0.377 e. The minimum atomic E-state index is -0.584. The highest BCUT2D eigenvalue weighted by molar-refractivity contribution is 7.09. The van der Waals surface area contributed by atoms with Crippen molar-refractivity contribution in [3.63, 3.8) is 0 Å². The Balaban J connectivity index is 1.62. The fourth-order valence-electron chi connectivity index (χ4n) is 2.93. The van der Waals surface area contributed by atoms with Crippen molar-refractivity contribution in [2.45, 2.75) is 26.2 Å². The second-order valence-electron chi connectivity index (χ2n) is 6.81. The number of carbonyl (C=O) groups is 1. The summed E-state index contributed by atoms with van der Waals surface area (Å²) in [5.74, 6) is -0.466. The van der Waals surface area contributed by atoms with Crippen LogP contribution in [0.3, 0.4) is 0 Å². The third-order valence-corrected chi connectivity index (χ3v) is 5.29. The number of aryl methyl sites for hydroxylation is 1. The molecule has 0 radical (unpaired) electrons. The number of piperidine rings is 1. The lowest BCUT2D eigenvalue weighted by Gasteiger charge is -2.28. The third kappa shape index (κ3) is 4.64. The number of hydrogen-bond acceptors (Lipinski definition) is 5. The van der Waals surface area contributed by atoms with Gasteiger partial charge in [0.1, 0.15) is 17.5 Å². The number of likely N-dealkylation sites (tertiary alicyclic amines) is 1. The van der Waals surface area contributed by atoms with Crippen LogP contribution < -0.4 is 10.2 Å². The molecule has 9 heteroatoms. The van der Waals surface area contributed by atoms with E-state index in [4.69, 9.17) is 0 Å². The summed E-state index contributed by atoms with van der Waals surface area (Å²) >= 11 is 1.16. The van der Waals surface area contributed by atoms with Gasteiger partial charge in [0.15, 0.2) is 0 Å². The molecule has 28 heavy (non-hydrogen) atoms. The molecule has 1 N–H and O–H groups in total. The highest BCUT2D eigenvalue weighted by atomic mass is 32.1. The summed E-state index contributed by atoms with van der Waals surface area (Å²) in [7, 11) is 3.47. The fraction of sp³-hybridized carbons (Fsp3) is 0.421. The van der Waals surface area contributed by atoms with Crippen LogP contribution in [0.5, 0.6) is 0 Å². The summed E-state index contributed by atoms with van der Waals surface area (Å²) in [6.45, 7) is 2.91. The maximum Gasteiger partial charge on any atom is 0.323 e. The molecule has 150 valence electrons. The van der Waals surface area contributed by atoms with E-state index in [0.29, 0.717) is 49.0 Å². The molecule has 3 rings (SSSR count). The van der Waals surface area contributed by atoms with Crippen LogP contribution in [0.4, 0.5) is 24.4 Å². The first-order chi connectivity index (χ1) is 13.4. The lowest BCUT2D eigenvalue weighted by Crippen LogP contribution is -2.39. The van der Waals surface area contributed by atoms with E-state index in [9.17, 15) is 13.6 Å². The monoisotopic (exact) mass is 407 g/mol.